The molecule has 0 aliphatic carbocycles. The summed E-state index contributed by atoms with van der Waals surface area (Å²) in [6, 6.07) is 5.49. The van der Waals surface area contributed by atoms with Crippen LogP contribution < -0.4 is 10.5 Å². The second kappa shape index (κ2) is 7.54. The van der Waals surface area contributed by atoms with E-state index in [2.05, 4.69) is 11.4 Å². The first kappa shape index (κ1) is 18.1. The number of rotatable bonds is 6. The second-order valence-corrected chi connectivity index (χ2v) is 6.81. The van der Waals surface area contributed by atoms with Crippen molar-refractivity contribution in [2.24, 2.45) is 5.14 Å². The molecule has 0 amide bonds. The number of nitro benzene ring substituents is 1. The number of primary sulfonamides is 1. The van der Waals surface area contributed by atoms with Crippen molar-refractivity contribution in [1.29, 1.82) is 5.26 Å². The number of hydrogen-bond donors (Lipinski definition) is 2. The fourth-order valence-electron chi connectivity index (χ4n) is 2.36. The van der Waals surface area contributed by atoms with Crippen molar-refractivity contribution in [1.82, 2.24) is 4.90 Å². The summed E-state index contributed by atoms with van der Waals surface area (Å²) in [6.07, 6.45) is -0.232. The third kappa shape index (κ3) is 4.62. The number of anilines is 1. The standard InChI is InChI=1S/C13H17N5O5S/c14-3-4-17-5-6-23-10(9-17)8-16-12-2-1-11(24(15,21)22)7-13(12)18(19)20/h1-2,7,10,16H,4-6,8-9H2,(H2,15,21,22)/t10-/m1/s1. The predicted octanol–water partition coefficient (Wildman–Crippen LogP) is -0.122. The third-order valence-corrected chi connectivity index (χ3v) is 4.44. The molecule has 3 N–H and O–H groups in total. The summed E-state index contributed by atoms with van der Waals surface area (Å²) in [5.74, 6) is 0. The molecule has 1 aromatic carbocycles. The predicted molar refractivity (Wildman–Crippen MR) is 84.8 cm³/mol. The minimum absolute atomic E-state index is 0.174. The lowest BCUT2D eigenvalue weighted by Crippen LogP contribution is -2.45. The quantitative estimate of drug-likeness (QED) is 0.407. The Morgan fingerprint density at radius 1 is 1.54 bits per heavy atom. The highest BCUT2D eigenvalue weighted by Crippen LogP contribution is 2.27. The van der Waals surface area contributed by atoms with Gasteiger partial charge in [0.25, 0.3) is 5.69 Å². The fraction of sp³-hybridized carbons (Fsp3) is 0.462. The molecule has 0 aromatic heterocycles. The number of nitro groups is 1. The molecule has 0 spiro atoms. The van der Waals surface area contributed by atoms with Crippen molar-refractivity contribution in [3.63, 3.8) is 0 Å². The molecule has 1 atom stereocenters. The molecule has 24 heavy (non-hydrogen) atoms. The van der Waals surface area contributed by atoms with Crippen LogP contribution in [0.25, 0.3) is 0 Å². The van der Waals surface area contributed by atoms with Gasteiger partial charge in [-0.25, -0.2) is 13.6 Å². The van der Waals surface area contributed by atoms with E-state index in [-0.39, 0.29) is 28.9 Å². The molecule has 2 rings (SSSR count). The van der Waals surface area contributed by atoms with Gasteiger partial charge in [0.2, 0.25) is 10.0 Å². The molecule has 0 saturated carbocycles. The van der Waals surface area contributed by atoms with Gasteiger partial charge in [0.15, 0.2) is 0 Å². The van der Waals surface area contributed by atoms with E-state index in [1.165, 1.54) is 12.1 Å². The maximum absolute atomic E-state index is 11.3. The minimum atomic E-state index is -4.02. The van der Waals surface area contributed by atoms with E-state index < -0.39 is 14.9 Å². The number of nitriles is 1. The molecule has 1 aromatic rings. The molecule has 1 saturated heterocycles. The fourth-order valence-corrected chi connectivity index (χ4v) is 2.89. The maximum Gasteiger partial charge on any atom is 0.293 e. The molecule has 0 unspecified atom stereocenters. The summed E-state index contributed by atoms with van der Waals surface area (Å²) in [5, 5.41) is 27.7. The Morgan fingerprint density at radius 2 is 2.29 bits per heavy atom. The van der Waals surface area contributed by atoms with Gasteiger partial charge in [-0.1, -0.05) is 0 Å². The maximum atomic E-state index is 11.3. The van der Waals surface area contributed by atoms with Gasteiger partial charge in [0, 0.05) is 25.7 Å². The zero-order valence-corrected chi connectivity index (χ0v) is 13.5. The number of nitrogens with zero attached hydrogens (tertiary/aromatic N) is 3. The van der Waals surface area contributed by atoms with Crippen molar-refractivity contribution < 1.29 is 18.1 Å². The van der Waals surface area contributed by atoms with Crippen LogP contribution in [-0.4, -0.2) is 57.1 Å². The van der Waals surface area contributed by atoms with Gasteiger partial charge in [-0.2, -0.15) is 5.26 Å². The van der Waals surface area contributed by atoms with E-state index in [9.17, 15) is 18.5 Å². The first-order chi connectivity index (χ1) is 11.3. The van der Waals surface area contributed by atoms with E-state index in [0.29, 0.717) is 26.2 Å². The number of sulfonamides is 1. The van der Waals surface area contributed by atoms with Gasteiger partial charge in [-0.05, 0) is 12.1 Å². The van der Waals surface area contributed by atoms with Gasteiger partial charge >= 0.3 is 0 Å². The Kier molecular flexibility index (Phi) is 5.68. The average Bonchev–Trinajstić information content (AvgIpc) is 2.52. The van der Waals surface area contributed by atoms with Crippen molar-refractivity contribution >= 4 is 21.4 Å². The number of nitrogens with one attached hydrogen (secondary N) is 1. The van der Waals surface area contributed by atoms with Crippen molar-refractivity contribution in [3.05, 3.63) is 28.3 Å². The largest absolute Gasteiger partial charge is 0.377 e. The topological polar surface area (TPSA) is 152 Å². The smallest absolute Gasteiger partial charge is 0.293 e. The number of hydrogen-bond acceptors (Lipinski definition) is 8. The van der Waals surface area contributed by atoms with Crippen LogP contribution in [0.5, 0.6) is 0 Å². The summed E-state index contributed by atoms with van der Waals surface area (Å²) >= 11 is 0. The summed E-state index contributed by atoms with van der Waals surface area (Å²) in [5.41, 5.74) is -0.209. The third-order valence-electron chi connectivity index (χ3n) is 3.53. The molecule has 0 bridgehead atoms. The van der Waals surface area contributed by atoms with E-state index in [4.69, 9.17) is 15.1 Å². The summed E-state index contributed by atoms with van der Waals surface area (Å²) in [7, 11) is -4.02. The Bertz CT molecular complexity index is 761. The minimum Gasteiger partial charge on any atom is -0.377 e. The first-order valence-corrected chi connectivity index (χ1v) is 8.62. The normalized spacial score (nSPS) is 18.8. The summed E-state index contributed by atoms with van der Waals surface area (Å²) in [4.78, 5) is 12.1. The Balaban J connectivity index is 2.09. The Labute approximate surface area is 139 Å². The Hall–Kier alpha value is -2.26. The van der Waals surface area contributed by atoms with Crippen LogP contribution in [0.3, 0.4) is 0 Å². The summed E-state index contributed by atoms with van der Waals surface area (Å²) in [6.45, 7) is 2.25. The van der Waals surface area contributed by atoms with Crippen molar-refractivity contribution in [2.75, 3.05) is 38.1 Å². The molecule has 11 heteroatoms. The van der Waals surface area contributed by atoms with Crippen LogP contribution in [-0.2, 0) is 14.8 Å². The Morgan fingerprint density at radius 3 is 2.92 bits per heavy atom. The van der Waals surface area contributed by atoms with Gasteiger partial charge in [0.05, 0.1) is 35.1 Å². The first-order valence-electron chi connectivity index (χ1n) is 7.07. The monoisotopic (exact) mass is 355 g/mol. The highest BCUT2D eigenvalue weighted by molar-refractivity contribution is 7.89. The van der Waals surface area contributed by atoms with Crippen LogP contribution in [0.4, 0.5) is 11.4 Å². The second-order valence-electron chi connectivity index (χ2n) is 5.25. The van der Waals surface area contributed by atoms with E-state index in [1.807, 2.05) is 4.90 Å². The molecule has 1 aliphatic heterocycles. The zero-order valence-electron chi connectivity index (χ0n) is 12.7. The molecule has 1 fully saturated rings. The highest BCUT2D eigenvalue weighted by atomic mass is 32.2. The van der Waals surface area contributed by atoms with Gasteiger partial charge in [-0.3, -0.25) is 15.0 Å². The number of benzene rings is 1. The van der Waals surface area contributed by atoms with Gasteiger partial charge in [0.1, 0.15) is 5.69 Å². The number of morpholine rings is 1. The van der Waals surface area contributed by atoms with E-state index in [0.717, 1.165) is 6.07 Å². The molecule has 1 heterocycles. The molecular formula is C13H17N5O5S. The number of ether oxygens (including phenoxy) is 1. The van der Waals surface area contributed by atoms with E-state index in [1.54, 1.807) is 0 Å². The van der Waals surface area contributed by atoms with Crippen LogP contribution in [0.2, 0.25) is 0 Å². The lowest BCUT2D eigenvalue weighted by Gasteiger charge is -2.31. The van der Waals surface area contributed by atoms with Gasteiger partial charge < -0.3 is 10.1 Å². The zero-order chi connectivity index (χ0) is 17.7. The number of nitrogens with two attached hydrogens (primary N) is 1. The molecule has 10 nitrogen and oxygen atoms in total. The van der Waals surface area contributed by atoms with Crippen LogP contribution in [0, 0.1) is 21.4 Å². The van der Waals surface area contributed by atoms with Crippen LogP contribution >= 0.6 is 0 Å². The van der Waals surface area contributed by atoms with Crippen LogP contribution in [0.1, 0.15) is 0 Å². The average molecular weight is 355 g/mol. The van der Waals surface area contributed by atoms with Crippen molar-refractivity contribution in [2.45, 2.75) is 11.0 Å². The lowest BCUT2D eigenvalue weighted by molar-refractivity contribution is -0.384. The molecule has 1 aliphatic rings. The highest BCUT2D eigenvalue weighted by Gasteiger charge is 2.23. The molecule has 0 radical (unpaired) electrons. The SMILES string of the molecule is N#CCN1CCO[C@H](CNc2ccc(S(N)(=O)=O)cc2[N+](=O)[O-])C1. The molecular weight excluding hydrogens is 338 g/mol. The molecule has 130 valence electrons. The lowest BCUT2D eigenvalue weighted by atomic mass is 10.2. The van der Waals surface area contributed by atoms with Gasteiger partial charge in [-0.15, -0.1) is 0 Å². The summed E-state index contributed by atoms with van der Waals surface area (Å²) < 4.78 is 28.2. The van der Waals surface area contributed by atoms with Crippen molar-refractivity contribution in [3.8, 4) is 6.07 Å². The van der Waals surface area contributed by atoms with Crippen LogP contribution in [0.15, 0.2) is 23.1 Å². The van der Waals surface area contributed by atoms with E-state index >= 15 is 0 Å².